The third-order valence-electron chi connectivity index (χ3n) is 6.73. The average molecular weight is 561 g/mol. The molecule has 0 bridgehead atoms. The lowest BCUT2D eigenvalue weighted by Crippen LogP contribution is -2.31. The maximum Gasteiger partial charge on any atom is 0.311 e. The van der Waals surface area contributed by atoms with E-state index in [0.717, 1.165) is 24.2 Å². The molecular formula is C30H36N6O5. The third-order valence-corrected chi connectivity index (χ3v) is 6.73. The SMILES string of the molecule is CCN(CCOC(=O)C(C)(C)CC)c1ccc(N=Nc2cc(C)c(N=Nc3ccc([N+](=O)[O-])cc3)cc2OC)cc1. The first-order chi connectivity index (χ1) is 19.6. The summed E-state index contributed by atoms with van der Waals surface area (Å²) in [6, 6.07) is 17.0. The van der Waals surface area contributed by atoms with Crippen LogP contribution in [0, 0.1) is 22.5 Å². The number of nitrogens with zero attached hydrogens (tertiary/aromatic N) is 6. The maximum absolute atomic E-state index is 12.2. The normalized spacial score (nSPS) is 11.7. The van der Waals surface area contributed by atoms with Crippen molar-refractivity contribution in [3.63, 3.8) is 0 Å². The van der Waals surface area contributed by atoms with Gasteiger partial charge < -0.3 is 14.4 Å². The van der Waals surface area contributed by atoms with Crippen molar-refractivity contribution in [2.45, 2.75) is 41.0 Å². The number of esters is 1. The molecule has 0 aliphatic heterocycles. The fraction of sp³-hybridized carbons (Fsp3) is 0.367. The summed E-state index contributed by atoms with van der Waals surface area (Å²) in [5, 5.41) is 28.0. The third kappa shape index (κ3) is 8.41. The Morgan fingerprint density at radius 1 is 0.927 bits per heavy atom. The van der Waals surface area contributed by atoms with E-state index in [2.05, 4.69) is 32.3 Å². The van der Waals surface area contributed by atoms with Gasteiger partial charge in [0.1, 0.15) is 18.0 Å². The van der Waals surface area contributed by atoms with Gasteiger partial charge in [0.2, 0.25) is 0 Å². The van der Waals surface area contributed by atoms with Crippen LogP contribution in [0.4, 0.5) is 34.1 Å². The molecule has 0 fully saturated rings. The molecule has 0 amide bonds. The van der Waals surface area contributed by atoms with E-state index in [-0.39, 0.29) is 11.7 Å². The van der Waals surface area contributed by atoms with E-state index in [4.69, 9.17) is 9.47 Å². The van der Waals surface area contributed by atoms with Gasteiger partial charge in [-0.2, -0.15) is 15.3 Å². The molecule has 0 atom stereocenters. The number of ether oxygens (including phenoxy) is 2. The topological polar surface area (TPSA) is 131 Å². The van der Waals surface area contributed by atoms with Crippen LogP contribution in [0.15, 0.2) is 81.1 Å². The number of carbonyl (C=O) groups is 1. The van der Waals surface area contributed by atoms with E-state index in [1.165, 1.54) is 31.4 Å². The van der Waals surface area contributed by atoms with E-state index in [1.807, 2.05) is 52.0 Å². The number of benzene rings is 3. The summed E-state index contributed by atoms with van der Waals surface area (Å²) < 4.78 is 11.0. The molecule has 0 aliphatic rings. The van der Waals surface area contributed by atoms with Crippen LogP contribution in [0.25, 0.3) is 0 Å². The fourth-order valence-corrected chi connectivity index (χ4v) is 3.66. The predicted octanol–water partition coefficient (Wildman–Crippen LogP) is 8.55. The van der Waals surface area contributed by atoms with Crippen molar-refractivity contribution < 1.29 is 19.2 Å². The first-order valence-corrected chi connectivity index (χ1v) is 13.4. The molecule has 0 saturated heterocycles. The number of hydrogen-bond donors (Lipinski definition) is 0. The Kier molecular flexibility index (Phi) is 10.6. The quantitative estimate of drug-likeness (QED) is 0.0890. The largest absolute Gasteiger partial charge is 0.494 e. The zero-order chi connectivity index (χ0) is 30.0. The smallest absolute Gasteiger partial charge is 0.311 e. The zero-order valence-electron chi connectivity index (χ0n) is 24.3. The van der Waals surface area contributed by atoms with Gasteiger partial charge in [0.25, 0.3) is 5.69 Å². The van der Waals surface area contributed by atoms with Gasteiger partial charge in [-0.15, -0.1) is 5.11 Å². The summed E-state index contributed by atoms with van der Waals surface area (Å²) >= 11 is 0. The number of methoxy groups -OCH3 is 1. The molecule has 0 aliphatic carbocycles. The van der Waals surface area contributed by atoms with Crippen LogP contribution in [0.5, 0.6) is 5.75 Å². The second-order valence-electron chi connectivity index (χ2n) is 9.95. The number of hydrogen-bond acceptors (Lipinski definition) is 10. The second kappa shape index (κ2) is 14.1. The number of anilines is 1. The van der Waals surface area contributed by atoms with Crippen molar-refractivity contribution in [3.8, 4) is 5.75 Å². The van der Waals surface area contributed by atoms with Crippen LogP contribution in [-0.2, 0) is 9.53 Å². The summed E-state index contributed by atoms with van der Waals surface area (Å²) in [5.41, 5.74) is 3.58. The minimum Gasteiger partial charge on any atom is -0.494 e. The van der Waals surface area contributed by atoms with Gasteiger partial charge in [0, 0.05) is 30.4 Å². The number of carbonyl (C=O) groups excluding carboxylic acids is 1. The molecule has 0 saturated carbocycles. The lowest BCUT2D eigenvalue weighted by Gasteiger charge is -2.25. The molecule has 3 aromatic carbocycles. The highest BCUT2D eigenvalue weighted by Crippen LogP contribution is 2.36. The highest BCUT2D eigenvalue weighted by Gasteiger charge is 2.27. The maximum atomic E-state index is 12.2. The van der Waals surface area contributed by atoms with Gasteiger partial charge in [-0.25, -0.2) is 0 Å². The molecular weight excluding hydrogens is 524 g/mol. The molecule has 0 heterocycles. The molecule has 11 heteroatoms. The van der Waals surface area contributed by atoms with E-state index >= 15 is 0 Å². The van der Waals surface area contributed by atoms with E-state index < -0.39 is 10.3 Å². The Bertz CT molecular complexity index is 1400. The molecule has 0 unspecified atom stereocenters. The number of likely N-dealkylation sites (N-methyl/N-ethyl adjacent to an activating group) is 1. The van der Waals surface area contributed by atoms with Crippen molar-refractivity contribution in [2.75, 3.05) is 31.7 Å². The molecule has 0 N–H and O–H groups in total. The number of azo groups is 2. The van der Waals surface area contributed by atoms with Crippen molar-refractivity contribution in [2.24, 2.45) is 25.9 Å². The minimum absolute atomic E-state index is 0.0110. The number of nitro benzene ring substituents is 1. The molecule has 0 radical (unpaired) electrons. The highest BCUT2D eigenvalue weighted by molar-refractivity contribution is 5.75. The van der Waals surface area contributed by atoms with Crippen molar-refractivity contribution >= 4 is 40.1 Å². The van der Waals surface area contributed by atoms with Crippen LogP contribution in [0.3, 0.4) is 0 Å². The summed E-state index contributed by atoms with van der Waals surface area (Å²) in [5.74, 6) is 0.296. The van der Waals surface area contributed by atoms with Crippen LogP contribution in [0.1, 0.15) is 39.7 Å². The predicted molar refractivity (Wildman–Crippen MR) is 159 cm³/mol. The van der Waals surface area contributed by atoms with Gasteiger partial charge in [0.15, 0.2) is 0 Å². The number of nitro groups is 1. The van der Waals surface area contributed by atoms with Crippen LogP contribution < -0.4 is 9.64 Å². The second-order valence-corrected chi connectivity index (χ2v) is 9.95. The summed E-state index contributed by atoms with van der Waals surface area (Å²) in [6.07, 6.45) is 0.727. The van der Waals surface area contributed by atoms with Gasteiger partial charge in [-0.1, -0.05) is 6.92 Å². The zero-order valence-corrected chi connectivity index (χ0v) is 24.3. The molecule has 11 nitrogen and oxygen atoms in total. The van der Waals surface area contributed by atoms with Gasteiger partial charge in [-0.05, 0) is 82.1 Å². The van der Waals surface area contributed by atoms with E-state index in [9.17, 15) is 14.9 Å². The lowest BCUT2D eigenvalue weighted by molar-refractivity contribution is -0.384. The molecule has 3 rings (SSSR count). The molecule has 3 aromatic rings. The standard InChI is InChI=1S/C30H36N6O5/c1-7-30(4,5)29(37)41-18-17-35(8-2)24-13-9-22(10-14-24)32-34-27-19-21(3)26(20-28(27)40-6)33-31-23-11-15-25(16-12-23)36(38)39/h9-16,19-20H,7-8,17-18H2,1-6H3. The van der Waals surface area contributed by atoms with E-state index in [0.29, 0.717) is 41.7 Å². The van der Waals surface area contributed by atoms with Crippen LogP contribution in [-0.4, -0.2) is 37.7 Å². The number of rotatable bonds is 13. The minimum atomic E-state index is -0.482. The lowest BCUT2D eigenvalue weighted by atomic mass is 9.91. The Balaban J connectivity index is 1.67. The monoisotopic (exact) mass is 560 g/mol. The Hall–Kier alpha value is -4.67. The average Bonchev–Trinajstić information content (AvgIpc) is 2.98. The summed E-state index contributed by atoms with van der Waals surface area (Å²) in [6.45, 7) is 11.4. The number of non-ortho nitro benzene ring substituents is 1. The van der Waals surface area contributed by atoms with Gasteiger partial charge >= 0.3 is 5.97 Å². The summed E-state index contributed by atoms with van der Waals surface area (Å²) in [7, 11) is 1.54. The Morgan fingerprint density at radius 2 is 1.51 bits per heavy atom. The Morgan fingerprint density at radius 3 is 2.05 bits per heavy atom. The Labute approximate surface area is 240 Å². The molecule has 41 heavy (non-hydrogen) atoms. The number of aryl methyl sites for hydroxylation is 1. The van der Waals surface area contributed by atoms with Crippen LogP contribution >= 0.6 is 0 Å². The van der Waals surface area contributed by atoms with Crippen molar-refractivity contribution in [1.29, 1.82) is 0 Å². The van der Waals surface area contributed by atoms with Crippen LogP contribution in [0.2, 0.25) is 0 Å². The fourth-order valence-electron chi connectivity index (χ4n) is 3.66. The van der Waals surface area contributed by atoms with Crippen molar-refractivity contribution in [3.05, 3.63) is 76.3 Å². The summed E-state index contributed by atoms with van der Waals surface area (Å²) in [4.78, 5) is 24.7. The van der Waals surface area contributed by atoms with Crippen molar-refractivity contribution in [1.82, 2.24) is 0 Å². The van der Waals surface area contributed by atoms with Gasteiger partial charge in [0.05, 0.1) is 41.1 Å². The highest BCUT2D eigenvalue weighted by atomic mass is 16.6. The molecule has 0 aromatic heterocycles. The van der Waals surface area contributed by atoms with Gasteiger partial charge in [-0.3, -0.25) is 14.9 Å². The first-order valence-electron chi connectivity index (χ1n) is 13.4. The van der Waals surface area contributed by atoms with E-state index in [1.54, 1.807) is 12.1 Å². The molecule has 216 valence electrons. The first kappa shape index (κ1) is 30.9. The molecule has 0 spiro atoms.